The van der Waals surface area contributed by atoms with Crippen LogP contribution in [0.15, 0.2) is 18.2 Å². The lowest BCUT2D eigenvalue weighted by Crippen LogP contribution is -2.05. The fraction of sp³-hybridized carbons (Fsp3) is 0.500. The molecule has 0 bridgehead atoms. The van der Waals surface area contributed by atoms with Gasteiger partial charge in [0, 0.05) is 17.4 Å². The van der Waals surface area contributed by atoms with Crippen molar-refractivity contribution in [3.8, 4) is 5.75 Å². The zero-order valence-electron chi connectivity index (χ0n) is 9.62. The molecule has 0 amide bonds. The maximum Gasteiger partial charge on any atom is 0.122 e. The Kier molecular flexibility index (Phi) is 4.99. The first-order chi connectivity index (χ1) is 7.19. The minimum absolute atomic E-state index is 0.0845. The number of ether oxygens (including phenoxy) is 1. The van der Waals surface area contributed by atoms with Crippen LogP contribution in [-0.4, -0.2) is 12.9 Å². The van der Waals surface area contributed by atoms with Gasteiger partial charge in [0.1, 0.15) is 5.75 Å². The lowest BCUT2D eigenvalue weighted by Gasteiger charge is -2.12. The third-order valence-corrected chi connectivity index (χ3v) is 3.22. The molecule has 0 radical (unpaired) electrons. The van der Waals surface area contributed by atoms with Crippen molar-refractivity contribution in [2.24, 2.45) is 5.73 Å². The second kappa shape index (κ2) is 6.03. The smallest absolute Gasteiger partial charge is 0.122 e. The minimum Gasteiger partial charge on any atom is -0.496 e. The molecule has 0 spiro atoms. The number of nitrogens with two attached hydrogens (primary N) is 1. The fourth-order valence-electron chi connectivity index (χ4n) is 1.41. The lowest BCUT2D eigenvalue weighted by atomic mass is 10.1. The van der Waals surface area contributed by atoms with Gasteiger partial charge in [-0.15, -0.1) is 0 Å². The first-order valence-electron chi connectivity index (χ1n) is 5.19. The summed E-state index contributed by atoms with van der Waals surface area (Å²) in [4.78, 5) is 0. The molecule has 0 saturated carbocycles. The summed E-state index contributed by atoms with van der Waals surface area (Å²) < 4.78 is 5.32. The van der Waals surface area contributed by atoms with Gasteiger partial charge in [-0.1, -0.05) is 13.0 Å². The highest BCUT2D eigenvalue weighted by Gasteiger charge is 2.06. The molecule has 0 saturated heterocycles. The van der Waals surface area contributed by atoms with Gasteiger partial charge in [-0.3, -0.25) is 0 Å². The highest BCUT2D eigenvalue weighted by atomic mass is 32.2. The van der Waals surface area contributed by atoms with Crippen molar-refractivity contribution >= 4 is 11.8 Å². The minimum atomic E-state index is 0.0845. The molecule has 0 aliphatic rings. The van der Waals surface area contributed by atoms with E-state index < -0.39 is 0 Å². The molecule has 84 valence electrons. The Morgan fingerprint density at radius 2 is 2.20 bits per heavy atom. The molecule has 1 atom stereocenters. The highest BCUT2D eigenvalue weighted by Crippen LogP contribution is 2.26. The van der Waals surface area contributed by atoms with E-state index in [1.54, 1.807) is 7.11 Å². The standard InChI is InChI=1S/C12H19NOS/c1-4-15-8-11-7-10(9(2)13)5-6-12(11)14-3/h5-7,9H,4,8,13H2,1-3H3. The molecule has 1 aromatic rings. The van der Waals surface area contributed by atoms with Crippen molar-refractivity contribution in [3.63, 3.8) is 0 Å². The van der Waals surface area contributed by atoms with Crippen LogP contribution in [0.3, 0.4) is 0 Å². The Morgan fingerprint density at radius 1 is 1.47 bits per heavy atom. The van der Waals surface area contributed by atoms with E-state index in [-0.39, 0.29) is 6.04 Å². The zero-order chi connectivity index (χ0) is 11.3. The van der Waals surface area contributed by atoms with Crippen LogP contribution in [0, 0.1) is 0 Å². The number of thioether (sulfide) groups is 1. The predicted molar refractivity (Wildman–Crippen MR) is 67.4 cm³/mol. The van der Waals surface area contributed by atoms with Gasteiger partial charge in [0.05, 0.1) is 7.11 Å². The number of methoxy groups -OCH3 is 1. The van der Waals surface area contributed by atoms with Crippen LogP contribution in [0.2, 0.25) is 0 Å². The van der Waals surface area contributed by atoms with Crippen LogP contribution < -0.4 is 10.5 Å². The molecule has 2 nitrogen and oxygen atoms in total. The van der Waals surface area contributed by atoms with Gasteiger partial charge in [0.15, 0.2) is 0 Å². The summed E-state index contributed by atoms with van der Waals surface area (Å²) in [5.41, 5.74) is 8.26. The summed E-state index contributed by atoms with van der Waals surface area (Å²) in [6.07, 6.45) is 0. The first-order valence-corrected chi connectivity index (χ1v) is 6.34. The molecule has 1 unspecified atom stereocenters. The van der Waals surface area contributed by atoms with Crippen molar-refractivity contribution in [2.45, 2.75) is 25.6 Å². The van der Waals surface area contributed by atoms with Gasteiger partial charge in [0.2, 0.25) is 0 Å². The predicted octanol–water partition coefficient (Wildman–Crippen LogP) is 2.97. The average Bonchev–Trinajstić information content (AvgIpc) is 2.25. The highest BCUT2D eigenvalue weighted by molar-refractivity contribution is 7.98. The monoisotopic (exact) mass is 225 g/mol. The summed E-state index contributed by atoms with van der Waals surface area (Å²) in [6.45, 7) is 4.16. The molecule has 0 heterocycles. The molecular weight excluding hydrogens is 206 g/mol. The molecule has 2 N–H and O–H groups in total. The second-order valence-corrected chi connectivity index (χ2v) is 4.77. The van der Waals surface area contributed by atoms with E-state index in [1.165, 1.54) is 11.1 Å². The Balaban J connectivity index is 2.91. The molecule has 0 aliphatic carbocycles. The van der Waals surface area contributed by atoms with Crippen LogP contribution in [-0.2, 0) is 5.75 Å². The van der Waals surface area contributed by atoms with Crippen molar-refractivity contribution in [1.29, 1.82) is 0 Å². The third-order valence-electron chi connectivity index (χ3n) is 2.29. The van der Waals surface area contributed by atoms with E-state index in [0.717, 1.165) is 17.3 Å². The molecule has 1 rings (SSSR count). The summed E-state index contributed by atoms with van der Waals surface area (Å²) in [7, 11) is 1.71. The van der Waals surface area contributed by atoms with E-state index in [0.29, 0.717) is 0 Å². The van der Waals surface area contributed by atoms with Gasteiger partial charge < -0.3 is 10.5 Å². The summed E-state index contributed by atoms with van der Waals surface area (Å²) in [5.74, 6) is 3.06. The number of hydrogen-bond acceptors (Lipinski definition) is 3. The number of benzene rings is 1. The molecule has 0 aliphatic heterocycles. The van der Waals surface area contributed by atoms with Crippen LogP contribution in [0.4, 0.5) is 0 Å². The Labute approximate surface area is 96.2 Å². The summed E-state index contributed by atoms with van der Waals surface area (Å²) in [6, 6.07) is 6.27. The molecule has 0 aromatic heterocycles. The topological polar surface area (TPSA) is 35.2 Å². The van der Waals surface area contributed by atoms with Crippen molar-refractivity contribution in [2.75, 3.05) is 12.9 Å². The molecule has 15 heavy (non-hydrogen) atoms. The van der Waals surface area contributed by atoms with E-state index >= 15 is 0 Å². The van der Waals surface area contributed by atoms with Crippen molar-refractivity contribution < 1.29 is 4.74 Å². The van der Waals surface area contributed by atoms with E-state index in [4.69, 9.17) is 10.5 Å². The molecule has 1 aromatic carbocycles. The Morgan fingerprint density at radius 3 is 2.73 bits per heavy atom. The largest absolute Gasteiger partial charge is 0.496 e. The van der Waals surface area contributed by atoms with Crippen molar-refractivity contribution in [3.05, 3.63) is 29.3 Å². The normalized spacial score (nSPS) is 12.5. The maximum atomic E-state index is 5.86. The lowest BCUT2D eigenvalue weighted by molar-refractivity contribution is 0.411. The first kappa shape index (κ1) is 12.4. The van der Waals surface area contributed by atoms with Crippen LogP contribution in [0.5, 0.6) is 5.75 Å². The van der Waals surface area contributed by atoms with Gasteiger partial charge in [0.25, 0.3) is 0 Å². The van der Waals surface area contributed by atoms with Crippen molar-refractivity contribution in [1.82, 2.24) is 0 Å². The van der Waals surface area contributed by atoms with E-state index in [9.17, 15) is 0 Å². The summed E-state index contributed by atoms with van der Waals surface area (Å²) >= 11 is 1.89. The molecule has 3 heteroatoms. The zero-order valence-corrected chi connectivity index (χ0v) is 10.4. The molecule has 0 fully saturated rings. The van der Waals surface area contributed by atoms with E-state index in [2.05, 4.69) is 13.0 Å². The van der Waals surface area contributed by atoms with E-state index in [1.807, 2.05) is 30.8 Å². The number of rotatable bonds is 5. The van der Waals surface area contributed by atoms with Gasteiger partial charge in [-0.25, -0.2) is 0 Å². The number of hydrogen-bond donors (Lipinski definition) is 1. The van der Waals surface area contributed by atoms with Gasteiger partial charge >= 0.3 is 0 Å². The van der Waals surface area contributed by atoms with Gasteiger partial charge in [-0.05, 0) is 30.4 Å². The third kappa shape index (κ3) is 3.43. The fourth-order valence-corrected chi connectivity index (χ4v) is 2.06. The van der Waals surface area contributed by atoms with Crippen LogP contribution in [0.25, 0.3) is 0 Å². The van der Waals surface area contributed by atoms with Crippen LogP contribution >= 0.6 is 11.8 Å². The Bertz CT molecular complexity index is 312. The summed E-state index contributed by atoms with van der Waals surface area (Å²) in [5, 5.41) is 0. The second-order valence-electron chi connectivity index (χ2n) is 3.50. The van der Waals surface area contributed by atoms with Crippen LogP contribution in [0.1, 0.15) is 31.0 Å². The Hall–Kier alpha value is -0.670. The maximum absolute atomic E-state index is 5.86. The SMILES string of the molecule is CCSCc1cc(C(C)N)ccc1OC. The molecular formula is C12H19NOS. The average molecular weight is 225 g/mol. The quantitative estimate of drug-likeness (QED) is 0.836. The van der Waals surface area contributed by atoms with Gasteiger partial charge in [-0.2, -0.15) is 11.8 Å².